The topological polar surface area (TPSA) is 34.1 Å². The highest BCUT2D eigenvalue weighted by atomic mass is 16.1. The molecule has 0 aliphatic heterocycles. The number of aldehydes is 1. The van der Waals surface area contributed by atoms with Gasteiger partial charge in [-0.05, 0) is 37.5 Å². The molecule has 0 amide bonds. The quantitative estimate of drug-likeness (QED) is 0.686. The lowest BCUT2D eigenvalue weighted by Crippen LogP contribution is -2.43. The molecule has 0 aromatic heterocycles. The molecule has 1 saturated carbocycles. The van der Waals surface area contributed by atoms with Gasteiger partial charge in [-0.15, -0.1) is 0 Å². The molecule has 92 valence electrons. The van der Waals surface area contributed by atoms with Crippen molar-refractivity contribution in [3.8, 4) is 0 Å². The zero-order valence-corrected chi connectivity index (χ0v) is 11.0. The van der Waals surface area contributed by atoms with Gasteiger partial charge in [0.25, 0.3) is 0 Å². The molecule has 1 aliphatic rings. The van der Waals surface area contributed by atoms with E-state index in [-0.39, 0.29) is 16.6 Å². The highest BCUT2D eigenvalue weighted by Gasteiger charge is 2.45. The molecule has 1 fully saturated rings. The molecule has 0 saturated heterocycles. The lowest BCUT2D eigenvalue weighted by molar-refractivity contribution is -0.127. The van der Waals surface area contributed by atoms with Crippen LogP contribution in [-0.4, -0.2) is 12.1 Å². The van der Waals surface area contributed by atoms with E-state index in [0.29, 0.717) is 12.3 Å². The zero-order valence-electron chi connectivity index (χ0n) is 11.0. The van der Waals surface area contributed by atoms with Crippen LogP contribution in [0.4, 0.5) is 0 Å². The Labute approximate surface area is 98.8 Å². The van der Waals surface area contributed by atoms with Crippen LogP contribution in [0.15, 0.2) is 0 Å². The van der Waals surface area contributed by atoms with Crippen LogP contribution in [0.1, 0.15) is 59.8 Å². The standard InChI is InChI=1S/C14H24O2/c1-11(16)6-7-12-13(2,3)8-5-9-14(12,4)10-15/h10,12H,5-9H2,1-4H3/t12?,14-/m1/s1. The minimum atomic E-state index is -0.225. The fraction of sp³-hybridized carbons (Fsp3) is 0.857. The van der Waals surface area contributed by atoms with Crippen LogP contribution >= 0.6 is 0 Å². The summed E-state index contributed by atoms with van der Waals surface area (Å²) in [4.78, 5) is 22.4. The summed E-state index contributed by atoms with van der Waals surface area (Å²) in [5.74, 6) is 0.574. The van der Waals surface area contributed by atoms with E-state index in [1.54, 1.807) is 6.92 Å². The van der Waals surface area contributed by atoms with Gasteiger partial charge in [0, 0.05) is 11.8 Å². The number of ketones is 1. The molecular weight excluding hydrogens is 200 g/mol. The number of rotatable bonds is 4. The van der Waals surface area contributed by atoms with Crippen molar-refractivity contribution in [2.45, 2.75) is 59.8 Å². The van der Waals surface area contributed by atoms with Crippen molar-refractivity contribution in [2.24, 2.45) is 16.7 Å². The second-order valence-corrected chi connectivity index (χ2v) is 6.26. The van der Waals surface area contributed by atoms with Gasteiger partial charge in [-0.3, -0.25) is 0 Å². The molecule has 2 atom stereocenters. The van der Waals surface area contributed by atoms with E-state index in [1.165, 1.54) is 6.42 Å². The monoisotopic (exact) mass is 224 g/mol. The van der Waals surface area contributed by atoms with Crippen molar-refractivity contribution in [3.05, 3.63) is 0 Å². The van der Waals surface area contributed by atoms with Gasteiger partial charge in [0.2, 0.25) is 0 Å². The van der Waals surface area contributed by atoms with Crippen LogP contribution in [0.2, 0.25) is 0 Å². The predicted molar refractivity (Wildman–Crippen MR) is 65.2 cm³/mol. The number of carbonyl (C=O) groups is 2. The van der Waals surface area contributed by atoms with Gasteiger partial charge in [0.05, 0.1) is 0 Å². The molecule has 0 aromatic carbocycles. The summed E-state index contributed by atoms with van der Waals surface area (Å²) in [7, 11) is 0. The Morgan fingerprint density at radius 1 is 1.31 bits per heavy atom. The van der Waals surface area contributed by atoms with Crippen molar-refractivity contribution < 1.29 is 9.59 Å². The molecule has 0 N–H and O–H groups in total. The summed E-state index contributed by atoms with van der Waals surface area (Å²) >= 11 is 0. The number of Topliss-reactive ketones (excluding diaryl/α,β-unsaturated/α-hetero) is 1. The summed E-state index contributed by atoms with van der Waals surface area (Å²) in [5.41, 5.74) is -0.0411. The maximum atomic E-state index is 11.3. The van der Waals surface area contributed by atoms with Gasteiger partial charge < -0.3 is 9.59 Å². The SMILES string of the molecule is CC(=O)CCC1C(C)(C)CCC[C@]1(C)C=O. The Balaban J connectivity index is 2.84. The minimum Gasteiger partial charge on any atom is -0.303 e. The van der Waals surface area contributed by atoms with Crippen molar-refractivity contribution >= 4 is 12.1 Å². The second kappa shape index (κ2) is 4.68. The highest BCUT2D eigenvalue weighted by molar-refractivity contribution is 5.75. The summed E-state index contributed by atoms with van der Waals surface area (Å²) < 4.78 is 0. The third-order valence-corrected chi connectivity index (χ3v) is 4.33. The van der Waals surface area contributed by atoms with E-state index in [2.05, 4.69) is 20.8 Å². The van der Waals surface area contributed by atoms with Gasteiger partial charge in [0.15, 0.2) is 0 Å². The van der Waals surface area contributed by atoms with Crippen molar-refractivity contribution in [2.75, 3.05) is 0 Å². The van der Waals surface area contributed by atoms with E-state index < -0.39 is 0 Å². The average molecular weight is 224 g/mol. The van der Waals surface area contributed by atoms with E-state index >= 15 is 0 Å². The lowest BCUT2D eigenvalue weighted by atomic mass is 9.55. The number of carbonyl (C=O) groups excluding carboxylic acids is 2. The first-order valence-corrected chi connectivity index (χ1v) is 6.27. The smallest absolute Gasteiger partial charge is 0.129 e. The number of hydrogen-bond acceptors (Lipinski definition) is 2. The molecule has 0 aromatic rings. The summed E-state index contributed by atoms with van der Waals surface area (Å²) in [6.45, 7) is 8.16. The summed E-state index contributed by atoms with van der Waals surface area (Å²) in [6, 6.07) is 0. The molecular formula is C14H24O2. The molecule has 0 heterocycles. The highest BCUT2D eigenvalue weighted by Crippen LogP contribution is 2.51. The Kier molecular flexibility index (Phi) is 3.92. The van der Waals surface area contributed by atoms with Gasteiger partial charge in [-0.25, -0.2) is 0 Å². The van der Waals surface area contributed by atoms with Gasteiger partial charge >= 0.3 is 0 Å². The number of hydrogen-bond donors (Lipinski definition) is 0. The molecule has 0 bridgehead atoms. The van der Waals surface area contributed by atoms with Crippen LogP contribution in [0, 0.1) is 16.7 Å². The van der Waals surface area contributed by atoms with Gasteiger partial charge in [-0.2, -0.15) is 0 Å². The van der Waals surface area contributed by atoms with Gasteiger partial charge in [-0.1, -0.05) is 27.2 Å². The Bertz CT molecular complexity index is 280. The Hall–Kier alpha value is -0.660. The van der Waals surface area contributed by atoms with Crippen molar-refractivity contribution in [1.29, 1.82) is 0 Å². The summed E-state index contributed by atoms with van der Waals surface area (Å²) in [5, 5.41) is 0. The van der Waals surface area contributed by atoms with Crippen LogP contribution in [0.3, 0.4) is 0 Å². The molecule has 1 rings (SSSR count). The fourth-order valence-electron chi connectivity index (χ4n) is 3.38. The van der Waals surface area contributed by atoms with Crippen LogP contribution < -0.4 is 0 Å². The predicted octanol–water partition coefficient (Wildman–Crippen LogP) is 3.39. The third kappa shape index (κ3) is 2.72. The maximum absolute atomic E-state index is 11.3. The van der Waals surface area contributed by atoms with Crippen molar-refractivity contribution in [3.63, 3.8) is 0 Å². The van der Waals surface area contributed by atoms with E-state index in [0.717, 1.165) is 25.5 Å². The average Bonchev–Trinajstić information content (AvgIpc) is 2.15. The Morgan fingerprint density at radius 2 is 1.94 bits per heavy atom. The fourth-order valence-corrected chi connectivity index (χ4v) is 3.38. The Morgan fingerprint density at radius 3 is 2.44 bits per heavy atom. The van der Waals surface area contributed by atoms with Crippen LogP contribution in [0.5, 0.6) is 0 Å². The first kappa shape index (κ1) is 13.4. The van der Waals surface area contributed by atoms with E-state index in [1.807, 2.05) is 0 Å². The zero-order chi connectivity index (χ0) is 12.4. The summed E-state index contributed by atoms with van der Waals surface area (Å²) in [6.07, 6.45) is 5.86. The molecule has 0 radical (unpaired) electrons. The molecule has 16 heavy (non-hydrogen) atoms. The molecule has 2 nitrogen and oxygen atoms in total. The first-order valence-electron chi connectivity index (χ1n) is 6.27. The lowest BCUT2D eigenvalue weighted by Gasteiger charge is -2.48. The maximum Gasteiger partial charge on any atom is 0.129 e. The molecule has 2 heteroatoms. The second-order valence-electron chi connectivity index (χ2n) is 6.26. The molecule has 0 spiro atoms. The largest absolute Gasteiger partial charge is 0.303 e. The van der Waals surface area contributed by atoms with E-state index in [9.17, 15) is 9.59 Å². The van der Waals surface area contributed by atoms with Crippen LogP contribution in [-0.2, 0) is 9.59 Å². The molecule has 1 unspecified atom stereocenters. The first-order chi connectivity index (χ1) is 7.32. The minimum absolute atomic E-state index is 0.184. The van der Waals surface area contributed by atoms with Crippen LogP contribution in [0.25, 0.3) is 0 Å². The normalized spacial score (nSPS) is 33.4. The molecule has 1 aliphatic carbocycles. The third-order valence-electron chi connectivity index (χ3n) is 4.33. The van der Waals surface area contributed by atoms with Crippen molar-refractivity contribution in [1.82, 2.24) is 0 Å². The van der Waals surface area contributed by atoms with Gasteiger partial charge in [0.1, 0.15) is 12.1 Å². The van der Waals surface area contributed by atoms with E-state index in [4.69, 9.17) is 0 Å².